The summed E-state index contributed by atoms with van der Waals surface area (Å²) in [6.07, 6.45) is 5.72. The molecule has 8 heteroatoms. The average Bonchev–Trinajstić information content (AvgIpc) is 3.03. The van der Waals surface area contributed by atoms with Crippen LogP contribution in [-0.2, 0) is 6.42 Å². The lowest BCUT2D eigenvalue weighted by atomic mass is 9.97. The van der Waals surface area contributed by atoms with E-state index in [-0.39, 0.29) is 11.6 Å². The Kier molecular flexibility index (Phi) is 4.34. The number of amides is 1. The molecule has 7 nitrogen and oxygen atoms in total. The molecule has 1 aliphatic carbocycles. The fraction of sp³-hybridized carbons (Fsp3) is 0.278. The van der Waals surface area contributed by atoms with Crippen molar-refractivity contribution in [3.63, 3.8) is 0 Å². The molecular formula is C18H17N5O2S. The van der Waals surface area contributed by atoms with E-state index in [1.165, 1.54) is 11.1 Å². The van der Waals surface area contributed by atoms with Crippen LogP contribution in [0.5, 0.6) is 0 Å². The second kappa shape index (κ2) is 6.80. The van der Waals surface area contributed by atoms with Gasteiger partial charge in [0.05, 0.1) is 16.7 Å². The first-order valence-electron chi connectivity index (χ1n) is 8.39. The van der Waals surface area contributed by atoms with Gasteiger partial charge < -0.3 is 10.3 Å². The number of aryl methyl sites for hydroxylation is 2. The number of rotatable bonds is 3. The van der Waals surface area contributed by atoms with Gasteiger partial charge >= 0.3 is 0 Å². The summed E-state index contributed by atoms with van der Waals surface area (Å²) in [5.74, 6) is -0.1000. The minimum Gasteiger partial charge on any atom is -0.343 e. The Morgan fingerprint density at radius 2 is 2.23 bits per heavy atom. The number of aromatic nitrogens is 4. The monoisotopic (exact) mass is 367 g/mol. The fourth-order valence-electron chi connectivity index (χ4n) is 3.11. The Labute approximate surface area is 153 Å². The molecule has 0 aromatic carbocycles. The summed E-state index contributed by atoms with van der Waals surface area (Å²) in [7, 11) is 0. The van der Waals surface area contributed by atoms with Crippen molar-refractivity contribution in [1.29, 1.82) is 0 Å². The number of nitrogens with one attached hydrogen (secondary N) is 2. The zero-order valence-electron chi connectivity index (χ0n) is 14.2. The maximum atomic E-state index is 12.6. The molecule has 3 aromatic rings. The number of pyridine rings is 1. The summed E-state index contributed by atoms with van der Waals surface area (Å²) in [5, 5.41) is 3.93. The van der Waals surface area contributed by atoms with Gasteiger partial charge in [0.25, 0.3) is 11.5 Å². The lowest BCUT2D eigenvalue weighted by Gasteiger charge is -2.22. The van der Waals surface area contributed by atoms with Gasteiger partial charge in [-0.15, -0.1) is 11.3 Å². The van der Waals surface area contributed by atoms with Crippen molar-refractivity contribution >= 4 is 17.2 Å². The molecule has 1 atom stereocenters. The predicted octanol–water partition coefficient (Wildman–Crippen LogP) is 2.40. The molecule has 26 heavy (non-hydrogen) atoms. The Bertz CT molecular complexity index is 1010. The van der Waals surface area contributed by atoms with E-state index in [2.05, 4.69) is 25.3 Å². The highest BCUT2D eigenvalue weighted by Crippen LogP contribution is 2.33. The SMILES string of the molecule is Cc1nc2c(s1)CCC[C@@H]2NC(=O)c1cnc(-c2ccccn2)[nH]c1=O. The molecule has 0 bridgehead atoms. The first-order chi connectivity index (χ1) is 12.6. The molecule has 3 heterocycles. The molecule has 1 amide bonds. The summed E-state index contributed by atoms with van der Waals surface area (Å²) in [6, 6.07) is 5.17. The van der Waals surface area contributed by atoms with Crippen molar-refractivity contribution in [2.75, 3.05) is 0 Å². The number of nitrogens with zero attached hydrogens (tertiary/aromatic N) is 3. The van der Waals surface area contributed by atoms with Gasteiger partial charge in [-0.25, -0.2) is 9.97 Å². The van der Waals surface area contributed by atoms with Crippen molar-refractivity contribution in [2.45, 2.75) is 32.2 Å². The molecule has 132 valence electrons. The minimum atomic E-state index is -0.483. The van der Waals surface area contributed by atoms with Gasteiger partial charge in [-0.2, -0.15) is 0 Å². The Hall–Kier alpha value is -2.87. The van der Waals surface area contributed by atoms with Crippen molar-refractivity contribution in [1.82, 2.24) is 25.3 Å². The van der Waals surface area contributed by atoms with E-state index in [0.29, 0.717) is 11.5 Å². The maximum Gasteiger partial charge on any atom is 0.264 e. The van der Waals surface area contributed by atoms with Gasteiger partial charge in [0.1, 0.15) is 11.3 Å². The topological polar surface area (TPSA) is 101 Å². The van der Waals surface area contributed by atoms with Crippen LogP contribution in [0.1, 0.15) is 44.8 Å². The van der Waals surface area contributed by atoms with Crippen LogP contribution in [0.3, 0.4) is 0 Å². The number of hydrogen-bond donors (Lipinski definition) is 2. The normalized spacial score (nSPS) is 16.1. The van der Waals surface area contributed by atoms with E-state index in [1.54, 1.807) is 35.7 Å². The van der Waals surface area contributed by atoms with E-state index >= 15 is 0 Å². The van der Waals surface area contributed by atoms with Crippen LogP contribution in [0.2, 0.25) is 0 Å². The lowest BCUT2D eigenvalue weighted by Crippen LogP contribution is -2.34. The largest absolute Gasteiger partial charge is 0.343 e. The van der Waals surface area contributed by atoms with Gasteiger partial charge in [0.2, 0.25) is 0 Å². The molecule has 0 radical (unpaired) electrons. The molecule has 0 spiro atoms. The van der Waals surface area contributed by atoms with Gasteiger partial charge in [-0.1, -0.05) is 6.07 Å². The number of carbonyl (C=O) groups is 1. The van der Waals surface area contributed by atoms with Crippen LogP contribution in [0, 0.1) is 6.92 Å². The molecule has 0 saturated heterocycles. The molecule has 0 unspecified atom stereocenters. The third-order valence-corrected chi connectivity index (χ3v) is 5.36. The van der Waals surface area contributed by atoms with Gasteiger partial charge in [-0.3, -0.25) is 14.6 Å². The Morgan fingerprint density at radius 1 is 1.35 bits per heavy atom. The number of aromatic amines is 1. The highest BCUT2D eigenvalue weighted by molar-refractivity contribution is 7.11. The highest BCUT2D eigenvalue weighted by atomic mass is 32.1. The standard InChI is InChI=1S/C18H17N5O2S/c1-10-21-15-12(6-4-7-14(15)26-10)22-17(24)11-9-20-16(23-18(11)25)13-5-2-3-8-19-13/h2-3,5,8-9,12H,4,6-7H2,1H3,(H,22,24)(H,20,23,25)/t12-/m0/s1. The zero-order valence-corrected chi connectivity index (χ0v) is 15.0. The average molecular weight is 367 g/mol. The summed E-state index contributed by atoms with van der Waals surface area (Å²) in [5.41, 5.74) is 0.987. The summed E-state index contributed by atoms with van der Waals surface area (Å²) in [6.45, 7) is 1.97. The van der Waals surface area contributed by atoms with E-state index in [1.807, 2.05) is 6.92 Å². The van der Waals surface area contributed by atoms with E-state index in [0.717, 1.165) is 30.0 Å². The number of fused-ring (bicyclic) bond motifs is 1. The molecule has 3 aromatic heterocycles. The molecular weight excluding hydrogens is 350 g/mol. The molecule has 0 saturated carbocycles. The van der Waals surface area contributed by atoms with Crippen molar-refractivity contribution in [3.05, 3.63) is 62.1 Å². The van der Waals surface area contributed by atoms with E-state index in [9.17, 15) is 9.59 Å². The van der Waals surface area contributed by atoms with E-state index in [4.69, 9.17) is 0 Å². The molecule has 1 aliphatic rings. The van der Waals surface area contributed by atoms with Gasteiger partial charge in [0, 0.05) is 17.3 Å². The number of H-pyrrole nitrogens is 1. The summed E-state index contributed by atoms with van der Waals surface area (Å²) < 4.78 is 0. The fourth-order valence-corrected chi connectivity index (χ4v) is 4.15. The lowest BCUT2D eigenvalue weighted by molar-refractivity contribution is 0.0930. The number of carbonyl (C=O) groups excluding carboxylic acids is 1. The summed E-state index contributed by atoms with van der Waals surface area (Å²) >= 11 is 1.67. The van der Waals surface area contributed by atoms with Crippen molar-refractivity contribution in [3.8, 4) is 11.5 Å². The van der Waals surface area contributed by atoms with Crippen LogP contribution in [0.4, 0.5) is 0 Å². The van der Waals surface area contributed by atoms with Crippen LogP contribution in [0.25, 0.3) is 11.5 Å². The van der Waals surface area contributed by atoms with Gasteiger partial charge in [-0.05, 0) is 38.3 Å². The predicted molar refractivity (Wildman–Crippen MR) is 98.1 cm³/mol. The van der Waals surface area contributed by atoms with Crippen LogP contribution >= 0.6 is 11.3 Å². The summed E-state index contributed by atoms with van der Waals surface area (Å²) in [4.78, 5) is 41.7. The minimum absolute atomic E-state index is 0.0104. The molecule has 4 rings (SSSR count). The Morgan fingerprint density at radius 3 is 3.00 bits per heavy atom. The van der Waals surface area contributed by atoms with E-state index < -0.39 is 11.5 Å². The number of thiazole rings is 1. The van der Waals surface area contributed by atoms with Crippen LogP contribution in [0.15, 0.2) is 35.4 Å². The zero-order chi connectivity index (χ0) is 18.1. The number of hydrogen-bond acceptors (Lipinski definition) is 6. The second-order valence-electron chi connectivity index (χ2n) is 6.15. The van der Waals surface area contributed by atoms with Gasteiger partial charge in [0.15, 0.2) is 5.82 Å². The van der Waals surface area contributed by atoms with Crippen LogP contribution < -0.4 is 10.9 Å². The Balaban J connectivity index is 1.57. The highest BCUT2D eigenvalue weighted by Gasteiger charge is 2.26. The third-order valence-electron chi connectivity index (χ3n) is 4.32. The quantitative estimate of drug-likeness (QED) is 0.740. The van der Waals surface area contributed by atoms with Crippen molar-refractivity contribution in [2.24, 2.45) is 0 Å². The van der Waals surface area contributed by atoms with Crippen molar-refractivity contribution < 1.29 is 4.79 Å². The first-order valence-corrected chi connectivity index (χ1v) is 9.21. The first kappa shape index (κ1) is 16.6. The van der Waals surface area contributed by atoms with Crippen LogP contribution in [-0.4, -0.2) is 25.8 Å². The molecule has 0 aliphatic heterocycles. The smallest absolute Gasteiger partial charge is 0.264 e. The third kappa shape index (κ3) is 3.15. The molecule has 2 N–H and O–H groups in total. The maximum absolute atomic E-state index is 12.6. The molecule has 0 fully saturated rings. The second-order valence-corrected chi connectivity index (χ2v) is 7.44.